The Morgan fingerprint density at radius 3 is 2.64 bits per heavy atom. The molecule has 1 aromatic carbocycles. The Kier molecular flexibility index (Phi) is 7.89. The molecule has 2 aromatic heterocycles. The van der Waals surface area contributed by atoms with E-state index in [4.69, 9.17) is 0 Å². The van der Waals surface area contributed by atoms with Crippen LogP contribution in [0.1, 0.15) is 65.0 Å². The van der Waals surface area contributed by atoms with Gasteiger partial charge in [0.25, 0.3) is 5.91 Å². The molecule has 2 amide bonds. The Morgan fingerprint density at radius 2 is 1.94 bits per heavy atom. The van der Waals surface area contributed by atoms with Crippen LogP contribution in [-0.2, 0) is 17.6 Å². The van der Waals surface area contributed by atoms with Gasteiger partial charge in [0.15, 0.2) is 0 Å². The molecule has 1 aliphatic heterocycles. The van der Waals surface area contributed by atoms with Gasteiger partial charge in [0.05, 0.1) is 10.9 Å². The fourth-order valence-corrected chi connectivity index (χ4v) is 5.15. The van der Waals surface area contributed by atoms with Crippen molar-refractivity contribution in [3.05, 3.63) is 87.9 Å². The average molecular weight is 462 g/mol. The highest BCUT2D eigenvalue weighted by atomic mass is 32.1. The van der Waals surface area contributed by atoms with Gasteiger partial charge in [0.1, 0.15) is 6.04 Å². The second kappa shape index (κ2) is 11.2. The predicted octanol–water partition coefficient (Wildman–Crippen LogP) is 5.19. The molecule has 1 N–H and O–H groups in total. The van der Waals surface area contributed by atoms with Crippen molar-refractivity contribution in [2.75, 3.05) is 6.54 Å². The molecule has 1 fully saturated rings. The number of aryl methyl sites for hydroxylation is 1. The van der Waals surface area contributed by atoms with E-state index in [1.54, 1.807) is 12.3 Å². The molecule has 4 rings (SSSR count). The van der Waals surface area contributed by atoms with Crippen molar-refractivity contribution in [2.45, 2.75) is 57.5 Å². The molecule has 0 aliphatic carbocycles. The van der Waals surface area contributed by atoms with Gasteiger partial charge < -0.3 is 10.2 Å². The second-order valence-corrected chi connectivity index (χ2v) is 9.55. The van der Waals surface area contributed by atoms with Crippen LogP contribution in [0.15, 0.2) is 66.3 Å². The third-order valence-electron chi connectivity index (χ3n) is 6.20. The zero-order valence-electron chi connectivity index (χ0n) is 19.1. The average Bonchev–Trinajstić information content (AvgIpc) is 3.40. The third-order valence-corrected chi connectivity index (χ3v) is 7.07. The number of hydrogen-bond donors (Lipinski definition) is 1. The Morgan fingerprint density at radius 1 is 1.12 bits per heavy atom. The summed E-state index contributed by atoms with van der Waals surface area (Å²) >= 11 is 1.39. The first-order valence-electron chi connectivity index (χ1n) is 11.8. The lowest BCUT2D eigenvalue weighted by Gasteiger charge is -2.38. The maximum Gasteiger partial charge on any atom is 0.262 e. The molecule has 1 saturated heterocycles. The maximum absolute atomic E-state index is 13.9. The molecular formula is C27H31N3O2S. The fraction of sp³-hybridized carbons (Fsp3) is 0.370. The van der Waals surface area contributed by atoms with E-state index in [0.29, 0.717) is 17.8 Å². The number of nitrogens with zero attached hydrogens (tertiary/aromatic N) is 2. The highest BCUT2D eigenvalue weighted by molar-refractivity contribution is 7.12. The summed E-state index contributed by atoms with van der Waals surface area (Å²) in [5.74, 6) is -0.216. The van der Waals surface area contributed by atoms with Crippen molar-refractivity contribution in [1.82, 2.24) is 15.2 Å². The second-order valence-electron chi connectivity index (χ2n) is 8.60. The van der Waals surface area contributed by atoms with Crippen LogP contribution < -0.4 is 5.32 Å². The molecule has 6 heteroatoms. The summed E-state index contributed by atoms with van der Waals surface area (Å²) in [4.78, 5) is 33.6. The first kappa shape index (κ1) is 23.2. The van der Waals surface area contributed by atoms with Crippen LogP contribution in [0.25, 0.3) is 0 Å². The monoisotopic (exact) mass is 461 g/mol. The number of benzene rings is 1. The maximum atomic E-state index is 13.9. The Bertz CT molecular complexity index is 1030. The fourth-order valence-electron chi connectivity index (χ4n) is 4.52. The van der Waals surface area contributed by atoms with E-state index in [1.807, 2.05) is 34.7 Å². The number of rotatable bonds is 8. The minimum absolute atomic E-state index is 0.00646. The molecule has 0 radical (unpaired) electrons. The molecule has 2 atom stereocenters. The van der Waals surface area contributed by atoms with Crippen molar-refractivity contribution in [2.24, 2.45) is 0 Å². The first-order chi connectivity index (χ1) is 16.2. The number of hydrogen-bond acceptors (Lipinski definition) is 4. The standard InChI is InChI=1S/C27H31N3O2S/c1-2-7-20-11-13-21(14-12-20)18-23(29-26(31)25-10-6-17-33-25)27(32)30-16-4-3-9-24(30)22-8-5-15-28-19-22/h5-6,8,10-15,17,19,23-24H,2-4,7,9,16,18H2,1H3,(H,29,31)/t23-,24+/m0/s1. The molecular weight excluding hydrogens is 430 g/mol. The van der Waals surface area contributed by atoms with Crippen molar-refractivity contribution in [3.63, 3.8) is 0 Å². The van der Waals surface area contributed by atoms with Gasteiger partial charge in [0, 0.05) is 25.4 Å². The molecule has 3 aromatic rings. The smallest absolute Gasteiger partial charge is 0.262 e. The minimum Gasteiger partial charge on any atom is -0.339 e. The van der Waals surface area contributed by atoms with Gasteiger partial charge >= 0.3 is 0 Å². The van der Waals surface area contributed by atoms with Crippen LogP contribution in [0, 0.1) is 0 Å². The molecule has 0 unspecified atom stereocenters. The summed E-state index contributed by atoms with van der Waals surface area (Å²) in [6, 6.07) is 15.4. The molecule has 1 aliphatic rings. The highest BCUT2D eigenvalue weighted by Gasteiger charge is 2.33. The quantitative estimate of drug-likeness (QED) is 0.502. The van der Waals surface area contributed by atoms with Crippen LogP contribution in [-0.4, -0.2) is 34.3 Å². The van der Waals surface area contributed by atoms with E-state index >= 15 is 0 Å². The van der Waals surface area contributed by atoms with Crippen molar-refractivity contribution in [1.29, 1.82) is 0 Å². The van der Waals surface area contributed by atoms with Crippen LogP contribution in [0.5, 0.6) is 0 Å². The molecule has 3 heterocycles. The number of nitrogens with one attached hydrogen (secondary N) is 1. The number of carbonyl (C=O) groups excluding carboxylic acids is 2. The molecule has 33 heavy (non-hydrogen) atoms. The number of likely N-dealkylation sites (tertiary alicyclic amines) is 1. The zero-order chi connectivity index (χ0) is 23.0. The molecule has 172 valence electrons. The zero-order valence-corrected chi connectivity index (χ0v) is 19.9. The summed E-state index contributed by atoms with van der Waals surface area (Å²) in [7, 11) is 0. The summed E-state index contributed by atoms with van der Waals surface area (Å²) in [5.41, 5.74) is 3.40. The minimum atomic E-state index is -0.617. The number of piperidine rings is 1. The van der Waals surface area contributed by atoms with Gasteiger partial charge in [-0.05, 0) is 59.9 Å². The first-order valence-corrected chi connectivity index (χ1v) is 12.7. The Labute approximate surface area is 199 Å². The van der Waals surface area contributed by atoms with Crippen LogP contribution in [0.2, 0.25) is 0 Å². The van der Waals surface area contributed by atoms with E-state index in [2.05, 4.69) is 41.5 Å². The van der Waals surface area contributed by atoms with E-state index in [0.717, 1.165) is 43.2 Å². The lowest BCUT2D eigenvalue weighted by molar-refractivity contribution is -0.137. The normalized spacial score (nSPS) is 16.9. The van der Waals surface area contributed by atoms with E-state index in [9.17, 15) is 9.59 Å². The topological polar surface area (TPSA) is 62.3 Å². The Hall–Kier alpha value is -2.99. The summed E-state index contributed by atoms with van der Waals surface area (Å²) in [5, 5.41) is 4.92. The predicted molar refractivity (Wildman–Crippen MR) is 132 cm³/mol. The van der Waals surface area contributed by atoms with Gasteiger partial charge in [-0.1, -0.05) is 49.7 Å². The number of pyridine rings is 1. The highest BCUT2D eigenvalue weighted by Crippen LogP contribution is 2.31. The number of thiophene rings is 1. The number of amides is 2. The van der Waals surface area contributed by atoms with Crippen LogP contribution in [0.3, 0.4) is 0 Å². The van der Waals surface area contributed by atoms with Gasteiger partial charge in [-0.3, -0.25) is 14.6 Å². The molecule has 0 bridgehead atoms. The van der Waals surface area contributed by atoms with Gasteiger partial charge in [0.2, 0.25) is 5.91 Å². The Balaban J connectivity index is 1.58. The number of aromatic nitrogens is 1. The van der Waals surface area contributed by atoms with Crippen LogP contribution >= 0.6 is 11.3 Å². The number of carbonyl (C=O) groups is 2. The third kappa shape index (κ3) is 5.88. The van der Waals surface area contributed by atoms with Gasteiger partial charge in [-0.25, -0.2) is 0 Å². The van der Waals surface area contributed by atoms with Crippen molar-refractivity contribution in [3.8, 4) is 0 Å². The lowest BCUT2D eigenvalue weighted by Crippen LogP contribution is -2.51. The van der Waals surface area contributed by atoms with Crippen molar-refractivity contribution < 1.29 is 9.59 Å². The molecule has 0 spiro atoms. The van der Waals surface area contributed by atoms with Gasteiger partial charge in [-0.15, -0.1) is 11.3 Å². The summed E-state index contributed by atoms with van der Waals surface area (Å²) < 4.78 is 0. The lowest BCUT2D eigenvalue weighted by atomic mass is 9.94. The van der Waals surface area contributed by atoms with Crippen molar-refractivity contribution >= 4 is 23.2 Å². The van der Waals surface area contributed by atoms with Gasteiger partial charge in [-0.2, -0.15) is 0 Å². The molecule has 5 nitrogen and oxygen atoms in total. The van der Waals surface area contributed by atoms with E-state index in [-0.39, 0.29) is 17.9 Å². The van der Waals surface area contributed by atoms with E-state index in [1.165, 1.54) is 16.9 Å². The molecule has 0 saturated carbocycles. The largest absolute Gasteiger partial charge is 0.339 e. The summed E-state index contributed by atoms with van der Waals surface area (Å²) in [6.07, 6.45) is 9.18. The van der Waals surface area contributed by atoms with Crippen LogP contribution in [0.4, 0.5) is 0 Å². The summed E-state index contributed by atoms with van der Waals surface area (Å²) in [6.45, 7) is 2.86. The van der Waals surface area contributed by atoms with E-state index < -0.39 is 6.04 Å². The SMILES string of the molecule is CCCc1ccc(C[C@H](NC(=O)c2cccs2)C(=O)N2CCCC[C@@H]2c2cccnc2)cc1.